The summed E-state index contributed by atoms with van der Waals surface area (Å²) in [7, 11) is 1.53. The third-order valence-electron chi connectivity index (χ3n) is 5.11. The first-order valence-corrected chi connectivity index (χ1v) is 9.63. The van der Waals surface area contributed by atoms with E-state index in [4.69, 9.17) is 9.47 Å². The number of carbonyl (C=O) groups is 2. The standard InChI is InChI=1S/C20H29N3O4/c1-13(2)22-19(24)12-27-17-7-4-14(10-18(17)26-3)20(25)23-15-5-6-16(23)11-21-9-8-15/h4,7,10,13,15-16,21H,5-6,8-9,11-12H2,1-3H3,(H,22,24). The van der Waals surface area contributed by atoms with Crippen molar-refractivity contribution < 1.29 is 19.1 Å². The SMILES string of the molecule is COc1cc(C(=O)N2C3CCNCC2CC3)ccc1OCC(=O)NC(C)C. The molecule has 3 rings (SSSR count). The van der Waals surface area contributed by atoms with Crippen molar-refractivity contribution in [3.8, 4) is 11.5 Å². The van der Waals surface area contributed by atoms with Gasteiger partial charge in [-0.05, 0) is 57.9 Å². The lowest BCUT2D eigenvalue weighted by Gasteiger charge is -2.28. The molecule has 7 heteroatoms. The van der Waals surface area contributed by atoms with Crippen LogP contribution in [0.15, 0.2) is 18.2 Å². The second-order valence-corrected chi connectivity index (χ2v) is 7.47. The van der Waals surface area contributed by atoms with Gasteiger partial charge < -0.3 is 25.0 Å². The highest BCUT2D eigenvalue weighted by atomic mass is 16.5. The van der Waals surface area contributed by atoms with Crippen LogP contribution in [0.2, 0.25) is 0 Å². The summed E-state index contributed by atoms with van der Waals surface area (Å²) in [5.74, 6) is 0.751. The molecule has 1 aromatic rings. The predicted octanol–water partition coefficient (Wildman–Crippen LogP) is 1.57. The van der Waals surface area contributed by atoms with Crippen LogP contribution in [0.3, 0.4) is 0 Å². The Hall–Kier alpha value is -2.28. The van der Waals surface area contributed by atoms with Crippen molar-refractivity contribution in [3.63, 3.8) is 0 Å². The number of hydrogen-bond donors (Lipinski definition) is 2. The number of rotatable bonds is 6. The average molecular weight is 375 g/mol. The molecule has 2 heterocycles. The first kappa shape index (κ1) is 19.5. The molecular weight excluding hydrogens is 346 g/mol. The number of carbonyl (C=O) groups excluding carboxylic acids is 2. The van der Waals surface area contributed by atoms with Crippen LogP contribution >= 0.6 is 0 Å². The maximum Gasteiger partial charge on any atom is 0.258 e. The van der Waals surface area contributed by atoms with Gasteiger partial charge in [-0.2, -0.15) is 0 Å². The Bertz CT molecular complexity index is 678. The molecule has 2 fully saturated rings. The molecule has 1 aromatic carbocycles. The van der Waals surface area contributed by atoms with Gasteiger partial charge in [-0.25, -0.2) is 0 Å². The molecule has 27 heavy (non-hydrogen) atoms. The van der Waals surface area contributed by atoms with E-state index in [9.17, 15) is 9.59 Å². The van der Waals surface area contributed by atoms with Crippen molar-refractivity contribution in [1.82, 2.24) is 15.5 Å². The minimum atomic E-state index is -0.194. The lowest BCUT2D eigenvalue weighted by molar-refractivity contribution is -0.123. The van der Waals surface area contributed by atoms with Crippen molar-refractivity contribution in [2.24, 2.45) is 0 Å². The Labute approximate surface area is 160 Å². The highest BCUT2D eigenvalue weighted by molar-refractivity contribution is 5.95. The number of nitrogens with one attached hydrogen (secondary N) is 2. The van der Waals surface area contributed by atoms with Crippen LogP contribution in [0.25, 0.3) is 0 Å². The maximum absolute atomic E-state index is 13.1. The maximum atomic E-state index is 13.1. The smallest absolute Gasteiger partial charge is 0.258 e. The van der Waals surface area contributed by atoms with Crippen molar-refractivity contribution in [2.75, 3.05) is 26.8 Å². The van der Waals surface area contributed by atoms with Gasteiger partial charge >= 0.3 is 0 Å². The Morgan fingerprint density at radius 1 is 1.22 bits per heavy atom. The van der Waals surface area contributed by atoms with Gasteiger partial charge in [0.1, 0.15) is 0 Å². The molecule has 2 saturated heterocycles. The van der Waals surface area contributed by atoms with Crippen LogP contribution in [-0.2, 0) is 4.79 Å². The summed E-state index contributed by atoms with van der Waals surface area (Å²) in [6.45, 7) is 5.50. The lowest BCUT2D eigenvalue weighted by Crippen LogP contribution is -2.42. The highest BCUT2D eigenvalue weighted by Gasteiger charge is 2.38. The second kappa shape index (κ2) is 8.61. The summed E-state index contributed by atoms with van der Waals surface area (Å²) in [6, 6.07) is 5.77. The summed E-state index contributed by atoms with van der Waals surface area (Å²) < 4.78 is 11.0. The van der Waals surface area contributed by atoms with Gasteiger partial charge in [0.05, 0.1) is 7.11 Å². The lowest BCUT2D eigenvalue weighted by atomic mass is 10.1. The second-order valence-electron chi connectivity index (χ2n) is 7.47. The molecular formula is C20H29N3O4. The first-order chi connectivity index (χ1) is 13.0. The van der Waals surface area contributed by atoms with E-state index in [1.54, 1.807) is 18.2 Å². The van der Waals surface area contributed by atoms with Gasteiger partial charge in [-0.3, -0.25) is 9.59 Å². The summed E-state index contributed by atoms with van der Waals surface area (Å²) >= 11 is 0. The Morgan fingerprint density at radius 2 is 2.00 bits per heavy atom. The van der Waals surface area contributed by atoms with E-state index in [1.165, 1.54) is 7.11 Å². The summed E-state index contributed by atoms with van der Waals surface area (Å²) in [4.78, 5) is 26.9. The van der Waals surface area contributed by atoms with E-state index in [1.807, 2.05) is 18.7 Å². The molecule has 0 radical (unpaired) electrons. The fraction of sp³-hybridized carbons (Fsp3) is 0.600. The quantitative estimate of drug-likeness (QED) is 0.789. The number of ether oxygens (including phenoxy) is 2. The Morgan fingerprint density at radius 3 is 2.74 bits per heavy atom. The average Bonchev–Trinajstić information content (AvgIpc) is 2.91. The van der Waals surface area contributed by atoms with Crippen LogP contribution < -0.4 is 20.1 Å². The van der Waals surface area contributed by atoms with Gasteiger partial charge in [0, 0.05) is 30.2 Å². The van der Waals surface area contributed by atoms with Crippen LogP contribution in [0.1, 0.15) is 43.5 Å². The van der Waals surface area contributed by atoms with Crippen molar-refractivity contribution in [1.29, 1.82) is 0 Å². The molecule has 0 aliphatic carbocycles. The van der Waals surface area contributed by atoms with Gasteiger partial charge in [-0.1, -0.05) is 0 Å². The molecule has 7 nitrogen and oxygen atoms in total. The zero-order chi connectivity index (χ0) is 19.4. The Balaban J connectivity index is 1.71. The molecule has 2 bridgehead atoms. The van der Waals surface area contributed by atoms with E-state index in [0.717, 1.165) is 32.4 Å². The number of benzene rings is 1. The Kier molecular flexibility index (Phi) is 6.21. The van der Waals surface area contributed by atoms with E-state index < -0.39 is 0 Å². The fourth-order valence-corrected chi connectivity index (χ4v) is 3.89. The molecule has 2 amide bonds. The van der Waals surface area contributed by atoms with Gasteiger partial charge in [0.25, 0.3) is 11.8 Å². The van der Waals surface area contributed by atoms with Crippen LogP contribution in [0, 0.1) is 0 Å². The predicted molar refractivity (Wildman–Crippen MR) is 102 cm³/mol. The number of fused-ring (bicyclic) bond motifs is 2. The van der Waals surface area contributed by atoms with Crippen molar-refractivity contribution in [3.05, 3.63) is 23.8 Å². The molecule has 2 unspecified atom stereocenters. The zero-order valence-corrected chi connectivity index (χ0v) is 16.3. The topological polar surface area (TPSA) is 79.9 Å². The molecule has 0 aromatic heterocycles. The van der Waals surface area contributed by atoms with E-state index in [0.29, 0.717) is 23.1 Å². The summed E-state index contributed by atoms with van der Waals surface area (Å²) in [6.07, 6.45) is 3.11. The number of nitrogens with zero attached hydrogens (tertiary/aromatic N) is 1. The molecule has 2 atom stereocenters. The van der Waals surface area contributed by atoms with Crippen LogP contribution in [0.4, 0.5) is 0 Å². The summed E-state index contributed by atoms with van der Waals surface area (Å²) in [5, 5.41) is 6.19. The first-order valence-electron chi connectivity index (χ1n) is 9.63. The number of hydrogen-bond acceptors (Lipinski definition) is 5. The monoisotopic (exact) mass is 375 g/mol. The van der Waals surface area contributed by atoms with E-state index >= 15 is 0 Å². The number of amides is 2. The van der Waals surface area contributed by atoms with E-state index in [-0.39, 0.29) is 30.5 Å². The van der Waals surface area contributed by atoms with Crippen LogP contribution in [-0.4, -0.2) is 61.6 Å². The minimum Gasteiger partial charge on any atom is -0.493 e. The molecule has 0 spiro atoms. The van der Waals surface area contributed by atoms with Crippen molar-refractivity contribution in [2.45, 2.75) is 51.2 Å². The van der Waals surface area contributed by atoms with Crippen molar-refractivity contribution >= 4 is 11.8 Å². The summed E-state index contributed by atoms with van der Waals surface area (Å²) in [5.41, 5.74) is 0.588. The molecule has 2 N–H and O–H groups in total. The third-order valence-corrected chi connectivity index (χ3v) is 5.11. The van der Waals surface area contributed by atoms with Crippen LogP contribution in [0.5, 0.6) is 11.5 Å². The largest absolute Gasteiger partial charge is 0.493 e. The molecule has 148 valence electrons. The zero-order valence-electron chi connectivity index (χ0n) is 16.3. The molecule has 0 saturated carbocycles. The highest BCUT2D eigenvalue weighted by Crippen LogP contribution is 2.32. The molecule has 2 aliphatic rings. The van der Waals surface area contributed by atoms with Gasteiger partial charge in [0.2, 0.25) is 0 Å². The minimum absolute atomic E-state index is 0.0357. The van der Waals surface area contributed by atoms with E-state index in [2.05, 4.69) is 10.6 Å². The third kappa shape index (κ3) is 4.53. The molecule has 2 aliphatic heterocycles. The normalized spacial score (nSPS) is 21.7. The number of methoxy groups -OCH3 is 1. The van der Waals surface area contributed by atoms with Gasteiger partial charge in [0.15, 0.2) is 18.1 Å². The fourth-order valence-electron chi connectivity index (χ4n) is 3.89. The van der Waals surface area contributed by atoms with Gasteiger partial charge in [-0.15, -0.1) is 0 Å².